The Morgan fingerprint density at radius 1 is 1.39 bits per heavy atom. The van der Waals surface area contributed by atoms with Gasteiger partial charge in [-0.05, 0) is 49.9 Å². The van der Waals surface area contributed by atoms with Crippen LogP contribution in [0.25, 0.3) is 0 Å². The summed E-state index contributed by atoms with van der Waals surface area (Å²) >= 11 is 0. The third kappa shape index (κ3) is 3.09. The Balaban J connectivity index is 2.05. The summed E-state index contributed by atoms with van der Waals surface area (Å²) in [7, 11) is 0. The summed E-state index contributed by atoms with van der Waals surface area (Å²) in [6, 6.07) is 2.91. The minimum atomic E-state index is 0.667. The first-order chi connectivity index (χ1) is 8.74. The molecular formula is C15H25N3. The van der Waals surface area contributed by atoms with E-state index in [-0.39, 0.29) is 0 Å². The predicted octanol–water partition coefficient (Wildman–Crippen LogP) is 2.34. The van der Waals surface area contributed by atoms with Crippen LogP contribution in [0.1, 0.15) is 37.3 Å². The third-order valence-electron chi connectivity index (χ3n) is 4.11. The zero-order chi connectivity index (χ0) is 13.0. The lowest BCUT2D eigenvalue weighted by Crippen LogP contribution is -2.39. The van der Waals surface area contributed by atoms with Gasteiger partial charge in [0, 0.05) is 25.0 Å². The van der Waals surface area contributed by atoms with Crippen molar-refractivity contribution in [2.24, 2.45) is 11.7 Å². The minimum Gasteiger partial charge on any atom is -0.330 e. The summed E-state index contributed by atoms with van der Waals surface area (Å²) in [5.74, 6) is 0.683. The van der Waals surface area contributed by atoms with Gasteiger partial charge in [-0.2, -0.15) is 0 Å². The van der Waals surface area contributed by atoms with Crippen LogP contribution in [0.4, 0.5) is 0 Å². The Kier molecular flexibility index (Phi) is 4.72. The lowest BCUT2D eigenvalue weighted by molar-refractivity contribution is 0.162. The van der Waals surface area contributed by atoms with Crippen molar-refractivity contribution in [1.82, 2.24) is 9.88 Å². The maximum Gasteiger partial charge on any atom is 0.0313 e. The van der Waals surface area contributed by atoms with Crippen LogP contribution in [0, 0.1) is 12.8 Å². The second-order valence-electron chi connectivity index (χ2n) is 5.43. The molecule has 1 aliphatic rings. The van der Waals surface area contributed by atoms with Gasteiger partial charge >= 0.3 is 0 Å². The summed E-state index contributed by atoms with van der Waals surface area (Å²) in [6.07, 6.45) is 7.83. The van der Waals surface area contributed by atoms with Crippen molar-refractivity contribution in [3.8, 4) is 0 Å². The smallest absolute Gasteiger partial charge is 0.0313 e. The van der Waals surface area contributed by atoms with Crippen molar-refractivity contribution in [2.45, 2.75) is 45.7 Å². The average molecular weight is 247 g/mol. The summed E-state index contributed by atoms with van der Waals surface area (Å²) in [5.41, 5.74) is 8.46. The van der Waals surface area contributed by atoms with Gasteiger partial charge in [-0.3, -0.25) is 9.88 Å². The summed E-state index contributed by atoms with van der Waals surface area (Å²) in [6.45, 7) is 7.27. The Bertz CT molecular complexity index is 378. The Morgan fingerprint density at radius 3 is 2.89 bits per heavy atom. The molecule has 1 aliphatic carbocycles. The first kappa shape index (κ1) is 13.5. The number of pyridine rings is 1. The van der Waals surface area contributed by atoms with Crippen molar-refractivity contribution in [2.75, 3.05) is 13.1 Å². The summed E-state index contributed by atoms with van der Waals surface area (Å²) < 4.78 is 0. The van der Waals surface area contributed by atoms with Gasteiger partial charge in [-0.1, -0.05) is 19.4 Å². The number of aryl methyl sites for hydroxylation is 1. The maximum absolute atomic E-state index is 5.90. The zero-order valence-electron chi connectivity index (χ0n) is 11.6. The lowest BCUT2D eigenvalue weighted by atomic mass is 10.0. The average Bonchev–Trinajstić information content (AvgIpc) is 2.84. The molecule has 0 radical (unpaired) electrons. The molecule has 2 unspecified atom stereocenters. The molecule has 1 heterocycles. The molecule has 1 aromatic rings. The van der Waals surface area contributed by atoms with Gasteiger partial charge in [-0.25, -0.2) is 0 Å². The van der Waals surface area contributed by atoms with E-state index in [1.54, 1.807) is 0 Å². The molecule has 1 saturated carbocycles. The number of rotatable bonds is 5. The van der Waals surface area contributed by atoms with E-state index in [9.17, 15) is 0 Å². The van der Waals surface area contributed by atoms with Crippen LogP contribution < -0.4 is 5.73 Å². The summed E-state index contributed by atoms with van der Waals surface area (Å²) in [5, 5.41) is 0. The molecule has 0 aliphatic heterocycles. The van der Waals surface area contributed by atoms with Crippen LogP contribution >= 0.6 is 0 Å². The van der Waals surface area contributed by atoms with Crippen LogP contribution in [0.2, 0.25) is 0 Å². The number of nitrogens with zero attached hydrogens (tertiary/aromatic N) is 2. The quantitative estimate of drug-likeness (QED) is 0.868. The number of hydrogen-bond donors (Lipinski definition) is 1. The standard InChI is InChI=1S/C15H25N3/c1-3-18(15-6-4-5-14(15)8-16)11-13-7-12(2)9-17-10-13/h7,9-10,14-15H,3-6,8,11,16H2,1-2H3. The van der Waals surface area contributed by atoms with E-state index < -0.39 is 0 Å². The van der Waals surface area contributed by atoms with E-state index in [0.717, 1.165) is 19.6 Å². The SMILES string of the molecule is CCN(Cc1cncc(C)c1)C1CCCC1CN. The van der Waals surface area contributed by atoms with Crippen molar-refractivity contribution >= 4 is 0 Å². The monoisotopic (exact) mass is 247 g/mol. The molecule has 2 rings (SSSR count). The van der Waals surface area contributed by atoms with Crippen molar-refractivity contribution in [1.29, 1.82) is 0 Å². The number of nitrogens with two attached hydrogens (primary N) is 1. The minimum absolute atomic E-state index is 0.667. The number of aromatic nitrogens is 1. The van der Waals surface area contributed by atoms with Gasteiger partial charge in [0.15, 0.2) is 0 Å². The molecule has 3 nitrogen and oxygen atoms in total. The molecule has 18 heavy (non-hydrogen) atoms. The fraction of sp³-hybridized carbons (Fsp3) is 0.667. The van der Waals surface area contributed by atoms with Gasteiger partial charge < -0.3 is 5.73 Å². The molecule has 0 saturated heterocycles. The van der Waals surface area contributed by atoms with E-state index in [4.69, 9.17) is 5.73 Å². The molecule has 1 aromatic heterocycles. The van der Waals surface area contributed by atoms with Crippen LogP contribution in [0.15, 0.2) is 18.5 Å². The molecule has 1 fully saturated rings. The third-order valence-corrected chi connectivity index (χ3v) is 4.11. The van der Waals surface area contributed by atoms with Crippen LogP contribution in [0.5, 0.6) is 0 Å². The second kappa shape index (κ2) is 6.30. The van der Waals surface area contributed by atoms with Crippen molar-refractivity contribution < 1.29 is 0 Å². The molecule has 3 heteroatoms. The largest absolute Gasteiger partial charge is 0.330 e. The highest BCUT2D eigenvalue weighted by atomic mass is 15.2. The first-order valence-corrected chi connectivity index (χ1v) is 7.09. The molecule has 0 bridgehead atoms. The van der Waals surface area contributed by atoms with Crippen LogP contribution in [-0.4, -0.2) is 29.0 Å². The highest BCUT2D eigenvalue weighted by Gasteiger charge is 2.30. The maximum atomic E-state index is 5.90. The van der Waals surface area contributed by atoms with E-state index >= 15 is 0 Å². The Hall–Kier alpha value is -0.930. The van der Waals surface area contributed by atoms with Crippen molar-refractivity contribution in [3.63, 3.8) is 0 Å². The van der Waals surface area contributed by atoms with Crippen LogP contribution in [-0.2, 0) is 6.54 Å². The molecular weight excluding hydrogens is 222 g/mol. The van der Waals surface area contributed by atoms with E-state index in [2.05, 4.69) is 29.8 Å². The number of hydrogen-bond acceptors (Lipinski definition) is 3. The molecule has 100 valence electrons. The van der Waals surface area contributed by atoms with E-state index in [1.165, 1.54) is 30.4 Å². The van der Waals surface area contributed by atoms with Crippen molar-refractivity contribution in [3.05, 3.63) is 29.6 Å². The highest BCUT2D eigenvalue weighted by molar-refractivity contribution is 5.16. The highest BCUT2D eigenvalue weighted by Crippen LogP contribution is 2.30. The van der Waals surface area contributed by atoms with Gasteiger partial charge in [0.25, 0.3) is 0 Å². The fourth-order valence-corrected chi connectivity index (χ4v) is 3.18. The van der Waals surface area contributed by atoms with Gasteiger partial charge in [-0.15, -0.1) is 0 Å². The van der Waals surface area contributed by atoms with Gasteiger partial charge in [0.1, 0.15) is 0 Å². The van der Waals surface area contributed by atoms with Gasteiger partial charge in [0.2, 0.25) is 0 Å². The molecule has 2 N–H and O–H groups in total. The fourth-order valence-electron chi connectivity index (χ4n) is 3.18. The van der Waals surface area contributed by atoms with E-state index in [0.29, 0.717) is 12.0 Å². The topological polar surface area (TPSA) is 42.2 Å². The normalized spacial score (nSPS) is 23.8. The van der Waals surface area contributed by atoms with E-state index in [1.807, 2.05) is 12.4 Å². The molecule has 0 aromatic carbocycles. The van der Waals surface area contributed by atoms with Gasteiger partial charge in [0.05, 0.1) is 0 Å². The molecule has 0 amide bonds. The summed E-state index contributed by atoms with van der Waals surface area (Å²) in [4.78, 5) is 6.86. The Morgan fingerprint density at radius 2 is 2.22 bits per heavy atom. The molecule has 0 spiro atoms. The van der Waals surface area contributed by atoms with Crippen LogP contribution in [0.3, 0.4) is 0 Å². The Labute approximate surface area is 110 Å². The first-order valence-electron chi connectivity index (χ1n) is 7.09. The lowest BCUT2D eigenvalue weighted by Gasteiger charge is -2.31. The predicted molar refractivity (Wildman–Crippen MR) is 75.2 cm³/mol. The molecule has 2 atom stereocenters. The second-order valence-corrected chi connectivity index (χ2v) is 5.43. The zero-order valence-corrected chi connectivity index (χ0v) is 11.6.